The van der Waals surface area contributed by atoms with Crippen LogP contribution in [0.1, 0.15) is 16.8 Å². The van der Waals surface area contributed by atoms with Crippen LogP contribution >= 0.6 is 0 Å². The van der Waals surface area contributed by atoms with Gasteiger partial charge in [-0.05, 0) is 24.6 Å². The lowest BCUT2D eigenvalue weighted by Crippen LogP contribution is -2.15. The molecule has 0 aliphatic heterocycles. The van der Waals surface area contributed by atoms with Gasteiger partial charge in [-0.25, -0.2) is 0 Å². The highest BCUT2D eigenvalue weighted by molar-refractivity contribution is 5.85. The van der Waals surface area contributed by atoms with E-state index in [1.54, 1.807) is 6.07 Å². The van der Waals surface area contributed by atoms with Crippen molar-refractivity contribution < 1.29 is 5.11 Å². The molecule has 1 heterocycles. The Balaban J connectivity index is 1.78. The Bertz CT molecular complexity index is 735. The lowest BCUT2D eigenvalue weighted by Gasteiger charge is -2.09. The van der Waals surface area contributed by atoms with Gasteiger partial charge in [0.1, 0.15) is 5.75 Å². The fraction of sp³-hybridized carbons (Fsp3) is 0.222. The van der Waals surface area contributed by atoms with Crippen LogP contribution in [0.3, 0.4) is 0 Å². The number of aromatic hydroxyl groups is 1. The largest absolute Gasteiger partial charge is 0.508 e. The number of rotatable bonds is 4. The van der Waals surface area contributed by atoms with Crippen molar-refractivity contribution in [2.45, 2.75) is 20.0 Å². The standard InChI is InChI=1S/C18H20N2O/c1-13-15-8-4-5-9-16(15)20(2)17(13)12-19-11-14-7-3-6-10-18(14)21/h3-10,19,21H,11-12H2,1-2H3. The summed E-state index contributed by atoms with van der Waals surface area (Å²) in [4.78, 5) is 0. The third-order valence-corrected chi connectivity index (χ3v) is 4.11. The zero-order valence-electron chi connectivity index (χ0n) is 12.4. The molecule has 0 bridgehead atoms. The van der Waals surface area contributed by atoms with E-state index >= 15 is 0 Å². The number of phenolic OH excluding ortho intramolecular Hbond substituents is 1. The molecular formula is C18H20N2O. The molecule has 3 aromatic rings. The number of hydrogen-bond donors (Lipinski definition) is 2. The maximum Gasteiger partial charge on any atom is 0.120 e. The third-order valence-electron chi connectivity index (χ3n) is 4.11. The molecule has 0 amide bonds. The van der Waals surface area contributed by atoms with Gasteiger partial charge in [0.25, 0.3) is 0 Å². The SMILES string of the molecule is Cc1c(CNCc2ccccc2O)n(C)c2ccccc12. The molecule has 108 valence electrons. The van der Waals surface area contributed by atoms with E-state index in [-0.39, 0.29) is 0 Å². The minimum atomic E-state index is 0.346. The van der Waals surface area contributed by atoms with Crippen molar-refractivity contribution in [3.63, 3.8) is 0 Å². The maximum absolute atomic E-state index is 9.79. The molecule has 1 aromatic heterocycles. The highest BCUT2D eigenvalue weighted by Gasteiger charge is 2.10. The van der Waals surface area contributed by atoms with Crippen molar-refractivity contribution in [2.24, 2.45) is 7.05 Å². The van der Waals surface area contributed by atoms with Gasteiger partial charge in [0, 0.05) is 42.3 Å². The predicted octanol–water partition coefficient (Wildman–Crippen LogP) is 3.48. The molecule has 0 saturated carbocycles. The first-order valence-corrected chi connectivity index (χ1v) is 7.19. The highest BCUT2D eigenvalue weighted by atomic mass is 16.3. The van der Waals surface area contributed by atoms with Crippen LogP contribution in [0, 0.1) is 6.92 Å². The van der Waals surface area contributed by atoms with Crippen LogP contribution in [0.25, 0.3) is 10.9 Å². The van der Waals surface area contributed by atoms with E-state index in [2.05, 4.69) is 48.1 Å². The average molecular weight is 280 g/mol. The summed E-state index contributed by atoms with van der Waals surface area (Å²) in [6.07, 6.45) is 0. The van der Waals surface area contributed by atoms with Crippen LogP contribution in [-0.4, -0.2) is 9.67 Å². The van der Waals surface area contributed by atoms with Gasteiger partial charge >= 0.3 is 0 Å². The molecule has 2 aromatic carbocycles. The Labute approximate surface area is 124 Å². The van der Waals surface area contributed by atoms with Crippen LogP contribution in [0.15, 0.2) is 48.5 Å². The van der Waals surface area contributed by atoms with Gasteiger partial charge < -0.3 is 15.0 Å². The number of hydrogen-bond acceptors (Lipinski definition) is 2. The molecule has 0 unspecified atom stereocenters. The van der Waals surface area contributed by atoms with Gasteiger partial charge in [-0.15, -0.1) is 0 Å². The van der Waals surface area contributed by atoms with Crippen LogP contribution in [-0.2, 0) is 20.1 Å². The molecule has 0 atom stereocenters. The van der Waals surface area contributed by atoms with Gasteiger partial charge in [-0.3, -0.25) is 0 Å². The Morgan fingerprint density at radius 3 is 2.48 bits per heavy atom. The van der Waals surface area contributed by atoms with Crippen LogP contribution in [0.2, 0.25) is 0 Å². The number of para-hydroxylation sites is 2. The molecule has 3 nitrogen and oxygen atoms in total. The molecule has 2 N–H and O–H groups in total. The zero-order chi connectivity index (χ0) is 14.8. The number of aromatic nitrogens is 1. The van der Waals surface area contributed by atoms with E-state index in [4.69, 9.17) is 0 Å². The van der Waals surface area contributed by atoms with Crippen molar-refractivity contribution in [3.05, 3.63) is 65.4 Å². The summed E-state index contributed by atoms with van der Waals surface area (Å²) in [6.45, 7) is 3.61. The number of nitrogens with zero attached hydrogens (tertiary/aromatic N) is 1. The number of phenols is 1. The number of fused-ring (bicyclic) bond motifs is 1. The molecule has 3 heteroatoms. The quantitative estimate of drug-likeness (QED) is 0.767. The Morgan fingerprint density at radius 2 is 1.71 bits per heavy atom. The van der Waals surface area contributed by atoms with Crippen molar-refractivity contribution in [1.29, 1.82) is 0 Å². The molecule has 0 fully saturated rings. The topological polar surface area (TPSA) is 37.2 Å². The van der Waals surface area contributed by atoms with Crippen molar-refractivity contribution in [1.82, 2.24) is 9.88 Å². The van der Waals surface area contributed by atoms with E-state index in [1.165, 1.54) is 22.2 Å². The van der Waals surface area contributed by atoms with Crippen LogP contribution in [0.5, 0.6) is 5.75 Å². The molecule has 0 aliphatic carbocycles. The van der Waals surface area contributed by atoms with Gasteiger partial charge in [0.2, 0.25) is 0 Å². The van der Waals surface area contributed by atoms with E-state index in [0.29, 0.717) is 12.3 Å². The molecular weight excluding hydrogens is 260 g/mol. The summed E-state index contributed by atoms with van der Waals surface area (Å²) in [5.74, 6) is 0.346. The minimum Gasteiger partial charge on any atom is -0.508 e. The first kappa shape index (κ1) is 13.7. The number of nitrogens with one attached hydrogen (secondary N) is 1. The second-order valence-corrected chi connectivity index (χ2v) is 5.38. The highest BCUT2D eigenvalue weighted by Crippen LogP contribution is 2.24. The van der Waals surface area contributed by atoms with Gasteiger partial charge in [-0.2, -0.15) is 0 Å². The second-order valence-electron chi connectivity index (χ2n) is 5.38. The number of aryl methyl sites for hydroxylation is 2. The van der Waals surface area contributed by atoms with Crippen molar-refractivity contribution >= 4 is 10.9 Å². The van der Waals surface area contributed by atoms with Crippen molar-refractivity contribution in [3.8, 4) is 5.75 Å². The van der Waals surface area contributed by atoms with E-state index in [9.17, 15) is 5.11 Å². The maximum atomic E-state index is 9.79. The summed E-state index contributed by atoms with van der Waals surface area (Å²) >= 11 is 0. The summed E-state index contributed by atoms with van der Waals surface area (Å²) < 4.78 is 2.24. The van der Waals surface area contributed by atoms with Gasteiger partial charge in [0.05, 0.1) is 0 Å². The summed E-state index contributed by atoms with van der Waals surface area (Å²) in [5, 5.41) is 14.5. The first-order chi connectivity index (χ1) is 10.2. The Hall–Kier alpha value is -2.26. The second kappa shape index (κ2) is 5.62. The average Bonchev–Trinajstić information content (AvgIpc) is 2.74. The molecule has 21 heavy (non-hydrogen) atoms. The predicted molar refractivity (Wildman–Crippen MR) is 86.3 cm³/mol. The monoisotopic (exact) mass is 280 g/mol. The van der Waals surface area contributed by atoms with Gasteiger partial charge in [-0.1, -0.05) is 36.4 Å². The Kier molecular flexibility index (Phi) is 3.67. The summed E-state index contributed by atoms with van der Waals surface area (Å²) in [7, 11) is 2.10. The number of benzene rings is 2. The fourth-order valence-electron chi connectivity index (χ4n) is 2.86. The van der Waals surface area contributed by atoms with Crippen LogP contribution in [0.4, 0.5) is 0 Å². The lowest BCUT2D eigenvalue weighted by atomic mass is 10.1. The normalized spacial score (nSPS) is 11.1. The lowest BCUT2D eigenvalue weighted by molar-refractivity contribution is 0.464. The van der Waals surface area contributed by atoms with E-state index in [0.717, 1.165) is 12.1 Å². The first-order valence-electron chi connectivity index (χ1n) is 7.19. The van der Waals surface area contributed by atoms with E-state index < -0.39 is 0 Å². The summed E-state index contributed by atoms with van der Waals surface area (Å²) in [6, 6.07) is 15.9. The zero-order valence-corrected chi connectivity index (χ0v) is 12.4. The fourth-order valence-corrected chi connectivity index (χ4v) is 2.86. The van der Waals surface area contributed by atoms with Crippen molar-refractivity contribution in [2.75, 3.05) is 0 Å². The Morgan fingerprint density at radius 1 is 1.00 bits per heavy atom. The minimum absolute atomic E-state index is 0.346. The third kappa shape index (κ3) is 2.52. The smallest absolute Gasteiger partial charge is 0.120 e. The molecule has 0 aliphatic rings. The molecule has 0 radical (unpaired) electrons. The van der Waals surface area contributed by atoms with Crippen LogP contribution < -0.4 is 5.32 Å². The molecule has 0 saturated heterocycles. The van der Waals surface area contributed by atoms with Gasteiger partial charge in [0.15, 0.2) is 0 Å². The molecule has 3 rings (SSSR count). The van der Waals surface area contributed by atoms with E-state index in [1.807, 2.05) is 18.2 Å². The molecule has 0 spiro atoms. The summed E-state index contributed by atoms with van der Waals surface area (Å²) in [5.41, 5.74) is 4.78.